The molecule has 1 aliphatic heterocycles. The van der Waals surface area contributed by atoms with Gasteiger partial charge in [-0.15, -0.1) is 0 Å². The molecular formula is C7H12N2O2S2. The molecule has 0 saturated carbocycles. The van der Waals surface area contributed by atoms with Gasteiger partial charge in [-0.3, -0.25) is 15.0 Å². The Balaban J connectivity index is 2.20. The Morgan fingerprint density at radius 3 is 3.00 bits per heavy atom. The first-order chi connectivity index (χ1) is 6.25. The molecule has 0 radical (unpaired) electrons. The maximum absolute atomic E-state index is 11.2. The maximum Gasteiger partial charge on any atom is 0.239 e. The molecule has 0 aliphatic carbocycles. The van der Waals surface area contributed by atoms with E-state index >= 15 is 0 Å². The van der Waals surface area contributed by atoms with Crippen molar-refractivity contribution in [2.75, 3.05) is 25.6 Å². The number of thioether (sulfide) groups is 1. The molecule has 1 rings (SSSR count). The summed E-state index contributed by atoms with van der Waals surface area (Å²) in [7, 11) is 0. The number of rotatable bonds is 5. The van der Waals surface area contributed by atoms with Gasteiger partial charge in [0.2, 0.25) is 5.91 Å². The van der Waals surface area contributed by atoms with Gasteiger partial charge in [-0.2, -0.15) is 0 Å². The lowest BCUT2D eigenvalue weighted by Crippen LogP contribution is -2.37. The fourth-order valence-corrected chi connectivity index (χ4v) is 2.00. The first kappa shape index (κ1) is 10.9. The molecule has 0 bridgehead atoms. The summed E-state index contributed by atoms with van der Waals surface area (Å²) in [5.74, 6) is 0.520. The standard InChI is InChI=1S/C7H12N2O2S2/c10-3-1-2-8-5-9-6(11)4-13-7(9)12/h8,10H,1-5H2. The third-order valence-electron chi connectivity index (χ3n) is 1.62. The number of nitrogens with one attached hydrogen (secondary N) is 1. The highest BCUT2D eigenvalue weighted by atomic mass is 32.2. The summed E-state index contributed by atoms with van der Waals surface area (Å²) in [6.45, 7) is 1.33. The predicted molar refractivity (Wildman–Crippen MR) is 56.5 cm³/mol. The summed E-state index contributed by atoms with van der Waals surface area (Å²) in [4.78, 5) is 12.7. The molecule has 0 unspecified atom stereocenters. The van der Waals surface area contributed by atoms with Crippen molar-refractivity contribution in [3.63, 3.8) is 0 Å². The van der Waals surface area contributed by atoms with Crippen molar-refractivity contribution < 1.29 is 9.90 Å². The normalized spacial score (nSPS) is 17.2. The number of nitrogens with zero attached hydrogens (tertiary/aromatic N) is 1. The van der Waals surface area contributed by atoms with Gasteiger partial charge in [0.25, 0.3) is 0 Å². The molecule has 0 aromatic rings. The number of hydrogen-bond acceptors (Lipinski definition) is 5. The molecule has 0 spiro atoms. The SMILES string of the molecule is O=C1CSC(=S)N1CNCCCO. The molecule has 74 valence electrons. The van der Waals surface area contributed by atoms with Crippen molar-refractivity contribution in [2.45, 2.75) is 6.42 Å². The molecule has 0 aromatic carbocycles. The van der Waals surface area contributed by atoms with Gasteiger partial charge < -0.3 is 5.11 Å². The number of hydrogen-bond donors (Lipinski definition) is 2. The number of amides is 1. The molecule has 6 heteroatoms. The van der Waals surface area contributed by atoms with Crippen molar-refractivity contribution in [1.82, 2.24) is 10.2 Å². The summed E-state index contributed by atoms with van der Waals surface area (Å²) < 4.78 is 0.640. The zero-order valence-electron chi connectivity index (χ0n) is 7.15. The van der Waals surface area contributed by atoms with E-state index in [9.17, 15) is 4.79 Å². The van der Waals surface area contributed by atoms with Crippen LogP contribution in [0.5, 0.6) is 0 Å². The average Bonchev–Trinajstić information content (AvgIpc) is 2.42. The van der Waals surface area contributed by atoms with E-state index in [2.05, 4.69) is 5.32 Å². The zero-order valence-corrected chi connectivity index (χ0v) is 8.79. The lowest BCUT2D eigenvalue weighted by molar-refractivity contribution is -0.124. The monoisotopic (exact) mass is 220 g/mol. The number of aliphatic hydroxyl groups is 1. The highest BCUT2D eigenvalue weighted by molar-refractivity contribution is 8.23. The van der Waals surface area contributed by atoms with Crippen LogP contribution in [0.15, 0.2) is 0 Å². The Morgan fingerprint density at radius 2 is 2.46 bits per heavy atom. The summed E-state index contributed by atoms with van der Waals surface area (Å²) in [5.41, 5.74) is 0. The molecule has 0 atom stereocenters. The van der Waals surface area contributed by atoms with Gasteiger partial charge in [0.05, 0.1) is 12.4 Å². The van der Waals surface area contributed by atoms with E-state index in [0.29, 0.717) is 29.7 Å². The minimum atomic E-state index is 0.0616. The zero-order chi connectivity index (χ0) is 9.68. The van der Waals surface area contributed by atoms with Crippen LogP contribution in [0.1, 0.15) is 6.42 Å². The molecule has 4 nitrogen and oxygen atoms in total. The first-order valence-electron chi connectivity index (χ1n) is 4.04. The van der Waals surface area contributed by atoms with Gasteiger partial charge in [0.15, 0.2) is 0 Å². The van der Waals surface area contributed by atoms with Crippen LogP contribution in [0.4, 0.5) is 0 Å². The van der Waals surface area contributed by atoms with E-state index in [0.717, 1.165) is 0 Å². The highest BCUT2D eigenvalue weighted by Gasteiger charge is 2.25. The van der Waals surface area contributed by atoms with Gasteiger partial charge in [-0.25, -0.2) is 0 Å². The minimum absolute atomic E-state index is 0.0616. The molecule has 13 heavy (non-hydrogen) atoms. The van der Waals surface area contributed by atoms with Crippen LogP contribution in [0.25, 0.3) is 0 Å². The summed E-state index contributed by atoms with van der Waals surface area (Å²) >= 11 is 6.37. The van der Waals surface area contributed by atoms with E-state index in [4.69, 9.17) is 17.3 Å². The quantitative estimate of drug-likeness (QED) is 0.495. The van der Waals surface area contributed by atoms with Gasteiger partial charge >= 0.3 is 0 Å². The lowest BCUT2D eigenvalue weighted by atomic mass is 10.4. The van der Waals surface area contributed by atoms with Crippen molar-refractivity contribution >= 4 is 34.2 Å². The van der Waals surface area contributed by atoms with Crippen molar-refractivity contribution in [2.24, 2.45) is 0 Å². The van der Waals surface area contributed by atoms with E-state index < -0.39 is 0 Å². The van der Waals surface area contributed by atoms with E-state index in [1.165, 1.54) is 11.8 Å². The van der Waals surface area contributed by atoms with Crippen molar-refractivity contribution in [1.29, 1.82) is 0 Å². The molecule has 0 aromatic heterocycles. The van der Waals surface area contributed by atoms with Gasteiger partial charge in [0.1, 0.15) is 4.32 Å². The fourth-order valence-electron chi connectivity index (χ4n) is 0.929. The second-order valence-electron chi connectivity index (χ2n) is 2.61. The van der Waals surface area contributed by atoms with Crippen LogP contribution in [-0.4, -0.2) is 45.8 Å². The molecular weight excluding hydrogens is 208 g/mol. The number of thiocarbonyl (C=S) groups is 1. The van der Waals surface area contributed by atoms with Crippen molar-refractivity contribution in [3.8, 4) is 0 Å². The topological polar surface area (TPSA) is 52.6 Å². The number of carbonyl (C=O) groups excluding carboxylic acids is 1. The molecule has 1 fully saturated rings. The van der Waals surface area contributed by atoms with E-state index in [-0.39, 0.29) is 12.5 Å². The highest BCUT2D eigenvalue weighted by Crippen LogP contribution is 2.17. The second-order valence-corrected chi connectivity index (χ2v) is 4.22. The largest absolute Gasteiger partial charge is 0.396 e. The number of aliphatic hydroxyl groups excluding tert-OH is 1. The van der Waals surface area contributed by atoms with Crippen LogP contribution in [0.3, 0.4) is 0 Å². The molecule has 2 N–H and O–H groups in total. The Hall–Kier alpha value is -0.170. The van der Waals surface area contributed by atoms with Crippen LogP contribution >= 0.6 is 24.0 Å². The van der Waals surface area contributed by atoms with Gasteiger partial charge in [-0.05, 0) is 13.0 Å². The average molecular weight is 220 g/mol. The Labute approximate surface area is 86.7 Å². The fraction of sp³-hybridized carbons (Fsp3) is 0.714. The lowest BCUT2D eigenvalue weighted by Gasteiger charge is -2.15. The Morgan fingerprint density at radius 1 is 1.69 bits per heavy atom. The van der Waals surface area contributed by atoms with Crippen LogP contribution in [0, 0.1) is 0 Å². The summed E-state index contributed by atoms with van der Waals surface area (Å²) in [5, 5.41) is 11.5. The van der Waals surface area contributed by atoms with E-state index in [1.807, 2.05) is 0 Å². The van der Waals surface area contributed by atoms with Crippen LogP contribution in [0.2, 0.25) is 0 Å². The third kappa shape index (κ3) is 3.22. The van der Waals surface area contributed by atoms with E-state index in [1.54, 1.807) is 4.90 Å². The smallest absolute Gasteiger partial charge is 0.239 e. The molecule has 1 aliphatic rings. The first-order valence-corrected chi connectivity index (χ1v) is 5.44. The van der Waals surface area contributed by atoms with Crippen LogP contribution < -0.4 is 5.32 Å². The minimum Gasteiger partial charge on any atom is -0.396 e. The number of carbonyl (C=O) groups is 1. The molecule has 1 saturated heterocycles. The molecule has 1 heterocycles. The molecule has 1 amide bonds. The Kier molecular flexibility index (Phi) is 4.65. The van der Waals surface area contributed by atoms with Crippen molar-refractivity contribution in [3.05, 3.63) is 0 Å². The summed E-state index contributed by atoms with van der Waals surface area (Å²) in [6, 6.07) is 0. The van der Waals surface area contributed by atoms with Gasteiger partial charge in [0, 0.05) is 6.61 Å². The maximum atomic E-state index is 11.2. The second kappa shape index (κ2) is 5.54. The summed E-state index contributed by atoms with van der Waals surface area (Å²) in [6.07, 6.45) is 0.696. The van der Waals surface area contributed by atoms with Crippen LogP contribution in [-0.2, 0) is 4.79 Å². The Bertz CT molecular complexity index is 195. The van der Waals surface area contributed by atoms with Gasteiger partial charge in [-0.1, -0.05) is 24.0 Å². The predicted octanol–water partition coefficient (Wildman–Crippen LogP) is -0.224. The third-order valence-corrected chi connectivity index (χ3v) is 3.05.